The number of rotatable bonds is 1. The molecule has 3 aliphatic rings. The van der Waals surface area contributed by atoms with E-state index in [0.717, 1.165) is 25.7 Å². The largest absolute Gasteiger partial charge is 0.444 e. The zero-order chi connectivity index (χ0) is 16.1. The third-order valence-electron chi connectivity index (χ3n) is 5.06. The summed E-state index contributed by atoms with van der Waals surface area (Å²) >= 11 is 0. The molecule has 6 nitrogen and oxygen atoms in total. The number of likely N-dealkylation sites (tertiary alicyclic amines) is 1. The van der Waals surface area contributed by atoms with Crippen LogP contribution in [-0.2, 0) is 4.74 Å². The first-order valence-electron chi connectivity index (χ1n) is 8.36. The molecular formula is C16H28N2O4. The summed E-state index contributed by atoms with van der Waals surface area (Å²) in [6.07, 6.45) is 2.63. The van der Waals surface area contributed by atoms with Crippen LogP contribution in [0, 0.1) is 0 Å². The van der Waals surface area contributed by atoms with E-state index in [1.807, 2.05) is 20.8 Å². The van der Waals surface area contributed by atoms with Crippen LogP contribution in [0.3, 0.4) is 0 Å². The molecule has 2 bridgehead atoms. The van der Waals surface area contributed by atoms with Crippen molar-refractivity contribution in [1.82, 2.24) is 9.80 Å². The average Bonchev–Trinajstić information content (AvgIpc) is 2.86. The number of fused-ring (bicyclic) bond motifs is 2. The minimum absolute atomic E-state index is 0.0301. The van der Waals surface area contributed by atoms with Crippen molar-refractivity contribution in [3.63, 3.8) is 0 Å². The summed E-state index contributed by atoms with van der Waals surface area (Å²) in [7, 11) is 0. The zero-order valence-electron chi connectivity index (χ0n) is 13.7. The highest BCUT2D eigenvalue weighted by Crippen LogP contribution is 2.39. The van der Waals surface area contributed by atoms with Crippen LogP contribution in [0.15, 0.2) is 0 Å². The van der Waals surface area contributed by atoms with Crippen molar-refractivity contribution in [2.24, 2.45) is 0 Å². The molecule has 1 amide bonds. The van der Waals surface area contributed by atoms with Gasteiger partial charge in [-0.2, -0.15) is 0 Å². The molecule has 0 aromatic heterocycles. The van der Waals surface area contributed by atoms with Gasteiger partial charge in [0.25, 0.3) is 0 Å². The quantitative estimate of drug-likeness (QED) is 0.754. The predicted molar refractivity (Wildman–Crippen MR) is 81.5 cm³/mol. The van der Waals surface area contributed by atoms with Crippen molar-refractivity contribution in [1.29, 1.82) is 0 Å². The predicted octanol–water partition coefficient (Wildman–Crippen LogP) is 0.954. The third-order valence-corrected chi connectivity index (χ3v) is 5.06. The van der Waals surface area contributed by atoms with Crippen molar-refractivity contribution in [3.05, 3.63) is 0 Å². The van der Waals surface area contributed by atoms with Crippen LogP contribution in [0.25, 0.3) is 0 Å². The lowest BCUT2D eigenvalue weighted by atomic mass is 9.96. The highest BCUT2D eigenvalue weighted by atomic mass is 16.6. The molecule has 0 spiro atoms. The minimum atomic E-state index is -0.536. The first kappa shape index (κ1) is 16.0. The molecule has 3 saturated heterocycles. The molecule has 3 fully saturated rings. The highest BCUT2D eigenvalue weighted by molar-refractivity contribution is 5.68. The van der Waals surface area contributed by atoms with Gasteiger partial charge in [0.15, 0.2) is 0 Å². The van der Waals surface area contributed by atoms with Crippen LogP contribution >= 0.6 is 0 Å². The Balaban J connectivity index is 1.66. The fourth-order valence-electron chi connectivity index (χ4n) is 4.26. The summed E-state index contributed by atoms with van der Waals surface area (Å²) in [6, 6.07) is 0.650. The van der Waals surface area contributed by atoms with E-state index < -0.39 is 11.7 Å². The van der Waals surface area contributed by atoms with Crippen molar-refractivity contribution in [2.45, 2.75) is 82.4 Å². The van der Waals surface area contributed by atoms with Gasteiger partial charge in [-0.1, -0.05) is 0 Å². The number of amides is 1. The van der Waals surface area contributed by atoms with E-state index in [1.165, 1.54) is 0 Å². The van der Waals surface area contributed by atoms with Gasteiger partial charge >= 0.3 is 6.09 Å². The fraction of sp³-hybridized carbons (Fsp3) is 0.938. The maximum Gasteiger partial charge on any atom is 0.410 e. The maximum atomic E-state index is 12.2. The summed E-state index contributed by atoms with van der Waals surface area (Å²) in [5, 5.41) is 20.3. The van der Waals surface area contributed by atoms with Gasteiger partial charge in [0.1, 0.15) is 5.60 Å². The Morgan fingerprint density at radius 1 is 1.09 bits per heavy atom. The molecule has 0 saturated carbocycles. The van der Waals surface area contributed by atoms with Gasteiger partial charge in [0.05, 0.1) is 24.8 Å². The lowest BCUT2D eigenvalue weighted by Gasteiger charge is -2.41. The van der Waals surface area contributed by atoms with Gasteiger partial charge < -0.3 is 19.8 Å². The van der Waals surface area contributed by atoms with Gasteiger partial charge in [-0.25, -0.2) is 4.79 Å². The lowest BCUT2D eigenvalue weighted by molar-refractivity contribution is -0.0159. The Labute approximate surface area is 132 Å². The number of aliphatic hydroxyl groups excluding tert-OH is 2. The molecule has 3 rings (SSSR count). The topological polar surface area (TPSA) is 73.2 Å². The molecule has 0 aromatic rings. The summed E-state index contributed by atoms with van der Waals surface area (Å²) in [5.74, 6) is 0. The van der Waals surface area contributed by atoms with Gasteiger partial charge in [0.2, 0.25) is 0 Å². The maximum absolute atomic E-state index is 12.2. The average molecular weight is 312 g/mol. The van der Waals surface area contributed by atoms with E-state index in [0.29, 0.717) is 25.2 Å². The molecule has 0 aliphatic carbocycles. The van der Waals surface area contributed by atoms with E-state index >= 15 is 0 Å². The first-order chi connectivity index (χ1) is 10.2. The van der Waals surface area contributed by atoms with Crippen LogP contribution < -0.4 is 0 Å². The molecule has 2 N–H and O–H groups in total. The second-order valence-corrected chi connectivity index (χ2v) is 7.98. The summed E-state index contributed by atoms with van der Waals surface area (Å²) in [4.78, 5) is 16.2. The van der Waals surface area contributed by atoms with Gasteiger partial charge in [-0.15, -0.1) is 0 Å². The van der Waals surface area contributed by atoms with Crippen molar-refractivity contribution >= 4 is 6.09 Å². The number of carbonyl (C=O) groups excluding carboxylic acids is 1. The van der Waals surface area contributed by atoms with Gasteiger partial charge in [0, 0.05) is 18.6 Å². The van der Waals surface area contributed by atoms with E-state index in [9.17, 15) is 15.0 Å². The molecular weight excluding hydrogens is 284 g/mol. The Morgan fingerprint density at radius 3 is 2.23 bits per heavy atom. The van der Waals surface area contributed by atoms with Crippen molar-refractivity contribution < 1.29 is 19.7 Å². The van der Waals surface area contributed by atoms with Gasteiger partial charge in [-0.3, -0.25) is 4.90 Å². The molecule has 2 unspecified atom stereocenters. The van der Waals surface area contributed by atoms with Crippen molar-refractivity contribution in [3.8, 4) is 0 Å². The van der Waals surface area contributed by atoms with Crippen LogP contribution in [-0.4, -0.2) is 75.1 Å². The van der Waals surface area contributed by atoms with Crippen LogP contribution in [0.2, 0.25) is 0 Å². The number of hydrogen-bond acceptors (Lipinski definition) is 5. The van der Waals surface area contributed by atoms with E-state index in [1.54, 1.807) is 4.90 Å². The SMILES string of the molecule is CC(C)(C)OC(=O)N1C[C@@H](O)[C@H](N2C3CCC2CC(O)C3)C1. The summed E-state index contributed by atoms with van der Waals surface area (Å²) in [6.45, 7) is 6.39. The molecule has 3 aliphatic heterocycles. The number of ether oxygens (including phenoxy) is 1. The molecule has 6 heteroatoms. The number of β-amino-alcohol motifs (C(OH)–C–C–N with tert-alkyl or cyclic N) is 1. The Morgan fingerprint density at radius 2 is 1.68 bits per heavy atom. The number of nitrogens with zero attached hydrogens (tertiary/aromatic N) is 2. The second kappa shape index (κ2) is 5.65. The minimum Gasteiger partial charge on any atom is -0.444 e. The third kappa shape index (κ3) is 3.09. The Kier molecular flexibility index (Phi) is 4.12. The second-order valence-electron chi connectivity index (χ2n) is 7.98. The highest BCUT2D eigenvalue weighted by Gasteiger charge is 2.49. The normalized spacial score (nSPS) is 39.3. The number of carbonyl (C=O) groups is 1. The zero-order valence-corrected chi connectivity index (χ0v) is 13.7. The molecule has 4 atom stereocenters. The van der Waals surface area contributed by atoms with E-state index in [2.05, 4.69) is 4.90 Å². The standard InChI is InChI=1S/C16H28N2O4/c1-16(2,3)22-15(21)17-8-13(14(20)9-17)18-10-4-5-11(18)7-12(19)6-10/h10-14,19-20H,4-9H2,1-3H3/t10?,11?,12?,13-,14-/m1/s1. The number of piperidine rings is 1. The van der Waals surface area contributed by atoms with E-state index in [4.69, 9.17) is 4.74 Å². The molecule has 22 heavy (non-hydrogen) atoms. The summed E-state index contributed by atoms with van der Waals surface area (Å²) < 4.78 is 5.41. The monoisotopic (exact) mass is 312 g/mol. The Bertz CT molecular complexity index is 422. The lowest BCUT2D eigenvalue weighted by Crippen LogP contribution is -2.54. The molecule has 126 valence electrons. The van der Waals surface area contributed by atoms with Crippen LogP contribution in [0.4, 0.5) is 4.79 Å². The molecule has 0 radical (unpaired) electrons. The fourth-order valence-corrected chi connectivity index (χ4v) is 4.26. The van der Waals surface area contributed by atoms with E-state index in [-0.39, 0.29) is 18.2 Å². The smallest absolute Gasteiger partial charge is 0.410 e. The Hall–Kier alpha value is -0.850. The number of hydrogen-bond donors (Lipinski definition) is 2. The van der Waals surface area contributed by atoms with Crippen LogP contribution in [0.5, 0.6) is 0 Å². The van der Waals surface area contributed by atoms with Crippen LogP contribution in [0.1, 0.15) is 46.5 Å². The number of aliphatic hydroxyl groups is 2. The van der Waals surface area contributed by atoms with Crippen molar-refractivity contribution in [2.75, 3.05) is 13.1 Å². The summed E-state index contributed by atoms with van der Waals surface area (Å²) in [5.41, 5.74) is -0.519. The van der Waals surface area contributed by atoms with Gasteiger partial charge in [-0.05, 0) is 46.5 Å². The molecule has 3 heterocycles. The first-order valence-corrected chi connectivity index (χ1v) is 8.36. The molecule has 0 aromatic carbocycles.